The second-order valence-electron chi connectivity index (χ2n) is 8.32. The molecule has 3 saturated carbocycles. The molecule has 0 aromatic rings. The maximum absolute atomic E-state index is 4.06. The molecule has 110 valence electrons. The zero-order valence-corrected chi connectivity index (χ0v) is 14.0. The topological polar surface area (TPSA) is 12.0 Å². The second-order valence-corrected chi connectivity index (χ2v) is 9.60. The van der Waals surface area contributed by atoms with E-state index in [0.717, 1.165) is 12.0 Å². The molecule has 0 spiro atoms. The Bertz CT molecular complexity index is 340. The molecule has 3 atom stereocenters. The lowest BCUT2D eigenvalue weighted by Gasteiger charge is -2.45. The molecule has 1 nitrogen and oxygen atoms in total. The van der Waals surface area contributed by atoms with Gasteiger partial charge in [-0.2, -0.15) is 11.8 Å². The van der Waals surface area contributed by atoms with Crippen LogP contribution in [0.25, 0.3) is 0 Å². The Kier molecular flexibility index (Phi) is 3.50. The van der Waals surface area contributed by atoms with Crippen molar-refractivity contribution in [2.45, 2.75) is 76.5 Å². The highest BCUT2D eigenvalue weighted by Crippen LogP contribution is 2.62. The molecule has 0 aliphatic heterocycles. The van der Waals surface area contributed by atoms with Gasteiger partial charge in [0, 0.05) is 17.3 Å². The van der Waals surface area contributed by atoms with Gasteiger partial charge in [-0.1, -0.05) is 33.6 Å². The van der Waals surface area contributed by atoms with Crippen molar-refractivity contribution in [1.82, 2.24) is 5.32 Å². The van der Waals surface area contributed by atoms with E-state index in [1.54, 1.807) is 0 Å². The molecule has 0 heterocycles. The third kappa shape index (κ3) is 2.18. The zero-order chi connectivity index (χ0) is 13.7. The summed E-state index contributed by atoms with van der Waals surface area (Å²) >= 11 is 2.12. The van der Waals surface area contributed by atoms with Crippen LogP contribution >= 0.6 is 11.8 Å². The molecule has 3 aliphatic rings. The van der Waals surface area contributed by atoms with Gasteiger partial charge >= 0.3 is 0 Å². The molecule has 3 rings (SSSR count). The molecular formula is C17H31NS. The van der Waals surface area contributed by atoms with Crippen LogP contribution in [-0.4, -0.2) is 23.6 Å². The Balaban J connectivity index is 1.69. The lowest BCUT2D eigenvalue weighted by molar-refractivity contribution is 0.107. The average molecular weight is 282 g/mol. The molecule has 3 aliphatic carbocycles. The van der Waals surface area contributed by atoms with Gasteiger partial charge < -0.3 is 5.32 Å². The predicted octanol–water partition coefficient (Wildman–Crippen LogP) is 4.47. The van der Waals surface area contributed by atoms with Crippen LogP contribution in [0.15, 0.2) is 0 Å². The lowest BCUT2D eigenvalue weighted by Crippen LogP contribution is -2.53. The van der Waals surface area contributed by atoms with Gasteiger partial charge in [0.1, 0.15) is 0 Å². The first-order valence-electron chi connectivity index (χ1n) is 8.20. The summed E-state index contributed by atoms with van der Waals surface area (Å²) in [5, 5.41) is 4.06. The third-order valence-electron chi connectivity index (χ3n) is 6.85. The highest BCUT2D eigenvalue weighted by molar-refractivity contribution is 8.00. The van der Waals surface area contributed by atoms with Crippen molar-refractivity contribution in [3.63, 3.8) is 0 Å². The first-order chi connectivity index (χ1) is 8.92. The number of fused-ring (bicyclic) bond motifs is 2. The molecular weight excluding hydrogens is 250 g/mol. The number of nitrogens with one attached hydrogen (secondary N) is 1. The van der Waals surface area contributed by atoms with Crippen LogP contribution in [0.4, 0.5) is 0 Å². The van der Waals surface area contributed by atoms with Crippen LogP contribution in [0.2, 0.25) is 0 Å². The maximum Gasteiger partial charge on any atom is 0.0281 e. The smallest absolute Gasteiger partial charge is 0.0281 e. The molecule has 1 unspecified atom stereocenters. The van der Waals surface area contributed by atoms with Crippen molar-refractivity contribution in [3.8, 4) is 0 Å². The first-order valence-corrected chi connectivity index (χ1v) is 9.43. The Labute approximate surface area is 123 Å². The largest absolute Gasteiger partial charge is 0.312 e. The number of hydrogen-bond donors (Lipinski definition) is 1. The lowest BCUT2D eigenvalue weighted by atomic mass is 9.68. The minimum absolute atomic E-state index is 0.505. The van der Waals surface area contributed by atoms with E-state index < -0.39 is 0 Å². The predicted molar refractivity (Wildman–Crippen MR) is 85.7 cm³/mol. The van der Waals surface area contributed by atoms with Gasteiger partial charge in [0.15, 0.2) is 0 Å². The molecule has 0 radical (unpaired) electrons. The van der Waals surface area contributed by atoms with Crippen molar-refractivity contribution in [3.05, 3.63) is 0 Å². The third-order valence-corrected chi connectivity index (χ3v) is 8.26. The second kappa shape index (κ2) is 4.66. The molecule has 0 aromatic carbocycles. The summed E-state index contributed by atoms with van der Waals surface area (Å²) in [4.78, 5) is 0. The normalized spacial score (nSPS) is 42.9. The quantitative estimate of drug-likeness (QED) is 0.816. The van der Waals surface area contributed by atoms with Crippen molar-refractivity contribution in [2.75, 3.05) is 12.8 Å². The van der Waals surface area contributed by atoms with Crippen molar-refractivity contribution in [1.29, 1.82) is 0 Å². The maximum atomic E-state index is 4.06. The van der Waals surface area contributed by atoms with E-state index in [9.17, 15) is 0 Å². The fourth-order valence-electron chi connectivity index (χ4n) is 5.57. The van der Waals surface area contributed by atoms with Crippen LogP contribution in [-0.2, 0) is 0 Å². The fraction of sp³-hybridized carbons (Fsp3) is 1.00. The molecule has 19 heavy (non-hydrogen) atoms. The average Bonchev–Trinajstić information content (AvgIpc) is 3.00. The van der Waals surface area contributed by atoms with Gasteiger partial charge in [-0.15, -0.1) is 0 Å². The van der Waals surface area contributed by atoms with Gasteiger partial charge in [-0.3, -0.25) is 0 Å². The van der Waals surface area contributed by atoms with Gasteiger partial charge in [0.2, 0.25) is 0 Å². The van der Waals surface area contributed by atoms with Crippen molar-refractivity contribution < 1.29 is 0 Å². The summed E-state index contributed by atoms with van der Waals surface area (Å²) in [7, 11) is 0. The van der Waals surface area contributed by atoms with E-state index in [0.29, 0.717) is 15.6 Å². The molecule has 0 amide bonds. The SMILES string of the molecule is CSC1(CNC2C(C)(C)[C@H]3CC[C@]2(C)C3)CCCC1. The summed E-state index contributed by atoms with van der Waals surface area (Å²) < 4.78 is 0.550. The van der Waals surface area contributed by atoms with Crippen LogP contribution in [0, 0.1) is 16.7 Å². The van der Waals surface area contributed by atoms with E-state index in [1.165, 1.54) is 51.5 Å². The number of thioether (sulfide) groups is 1. The van der Waals surface area contributed by atoms with E-state index >= 15 is 0 Å². The monoisotopic (exact) mass is 281 g/mol. The van der Waals surface area contributed by atoms with Crippen molar-refractivity contribution >= 4 is 11.8 Å². The van der Waals surface area contributed by atoms with Gasteiger partial charge in [0.05, 0.1) is 0 Å². The minimum Gasteiger partial charge on any atom is -0.312 e. The summed E-state index contributed by atoms with van der Waals surface area (Å²) in [5.41, 5.74) is 1.08. The van der Waals surface area contributed by atoms with Crippen LogP contribution < -0.4 is 5.32 Å². The minimum atomic E-state index is 0.505. The molecule has 2 heteroatoms. The van der Waals surface area contributed by atoms with Crippen LogP contribution in [0.1, 0.15) is 65.7 Å². The highest BCUT2D eigenvalue weighted by Gasteiger charge is 2.59. The molecule has 0 saturated heterocycles. The van der Waals surface area contributed by atoms with E-state index in [4.69, 9.17) is 0 Å². The highest BCUT2D eigenvalue weighted by atomic mass is 32.2. The Morgan fingerprint density at radius 2 is 1.79 bits per heavy atom. The summed E-state index contributed by atoms with van der Waals surface area (Å²) in [6.45, 7) is 8.81. The summed E-state index contributed by atoms with van der Waals surface area (Å²) in [5.74, 6) is 0.962. The van der Waals surface area contributed by atoms with Gasteiger partial charge in [0.25, 0.3) is 0 Å². The first kappa shape index (κ1) is 14.3. The van der Waals surface area contributed by atoms with Gasteiger partial charge in [-0.05, 0) is 55.1 Å². The number of hydrogen-bond acceptors (Lipinski definition) is 2. The van der Waals surface area contributed by atoms with Crippen molar-refractivity contribution in [2.24, 2.45) is 16.7 Å². The standard InChI is InChI=1S/C17H31NS/c1-15(2)13-7-10-16(3,11-13)14(15)18-12-17(19-4)8-5-6-9-17/h13-14,18H,5-12H2,1-4H3/t13-,14?,16+/m0/s1. The Hall–Kier alpha value is 0.310. The summed E-state index contributed by atoms with van der Waals surface area (Å²) in [6.07, 6.45) is 12.4. The molecule has 2 bridgehead atoms. The van der Waals surface area contributed by atoms with E-state index in [1.807, 2.05) is 0 Å². The van der Waals surface area contributed by atoms with Gasteiger partial charge in [-0.25, -0.2) is 0 Å². The zero-order valence-electron chi connectivity index (χ0n) is 13.2. The Morgan fingerprint density at radius 3 is 2.32 bits per heavy atom. The molecule has 0 aromatic heterocycles. The summed E-state index contributed by atoms with van der Waals surface area (Å²) in [6, 6.07) is 0.739. The van der Waals surface area contributed by atoms with Crippen LogP contribution in [0.3, 0.4) is 0 Å². The van der Waals surface area contributed by atoms with E-state index in [-0.39, 0.29) is 0 Å². The number of rotatable bonds is 4. The molecule has 1 N–H and O–H groups in total. The van der Waals surface area contributed by atoms with Crippen LogP contribution in [0.5, 0.6) is 0 Å². The van der Waals surface area contributed by atoms with E-state index in [2.05, 4.69) is 44.1 Å². The fourth-order valence-corrected chi connectivity index (χ4v) is 6.50. The molecule has 3 fully saturated rings. The Morgan fingerprint density at radius 1 is 1.11 bits per heavy atom.